The molecule has 0 aliphatic rings. The van der Waals surface area contributed by atoms with Crippen LogP contribution in [0.5, 0.6) is 0 Å². The summed E-state index contributed by atoms with van der Waals surface area (Å²) in [5.74, 6) is 0. The van der Waals surface area contributed by atoms with Gasteiger partial charge in [0, 0.05) is 6.92 Å². The topological polar surface area (TPSA) is 17.1 Å². The SMILES string of the molecule is CC(=O)Br.Cc1ccccc1. The predicted molar refractivity (Wildman–Crippen MR) is 50.8 cm³/mol. The standard InChI is InChI=1S/C7H8.C2H3BrO/c1-7-5-3-2-4-6-7;1-2(3)4/h2-6H,1H3;1H3. The molecule has 0 spiro atoms. The summed E-state index contributed by atoms with van der Waals surface area (Å²) in [6, 6.07) is 10.3. The zero-order chi connectivity index (χ0) is 8.69. The number of carbonyl (C=O) groups is 1. The van der Waals surface area contributed by atoms with E-state index in [1.807, 2.05) is 18.2 Å². The quantitative estimate of drug-likeness (QED) is 0.608. The molecule has 0 atom stereocenters. The molecule has 1 nitrogen and oxygen atoms in total. The van der Waals surface area contributed by atoms with Gasteiger partial charge >= 0.3 is 0 Å². The molecule has 0 bridgehead atoms. The van der Waals surface area contributed by atoms with E-state index in [0.29, 0.717) is 0 Å². The molecule has 60 valence electrons. The molecule has 0 saturated heterocycles. The van der Waals surface area contributed by atoms with Crippen molar-refractivity contribution in [3.63, 3.8) is 0 Å². The van der Waals surface area contributed by atoms with Gasteiger partial charge in [-0.3, -0.25) is 4.79 Å². The van der Waals surface area contributed by atoms with E-state index in [4.69, 9.17) is 0 Å². The number of benzene rings is 1. The molecule has 0 amide bonds. The summed E-state index contributed by atoms with van der Waals surface area (Å²) in [7, 11) is 0. The van der Waals surface area contributed by atoms with Crippen LogP contribution in [0.2, 0.25) is 0 Å². The monoisotopic (exact) mass is 214 g/mol. The lowest BCUT2D eigenvalue weighted by molar-refractivity contribution is -0.108. The Bertz CT molecular complexity index is 202. The fraction of sp³-hybridized carbons (Fsp3) is 0.222. The number of hydrogen-bond acceptors (Lipinski definition) is 1. The van der Waals surface area contributed by atoms with Crippen molar-refractivity contribution in [1.29, 1.82) is 0 Å². The van der Waals surface area contributed by atoms with Crippen LogP contribution in [0.1, 0.15) is 12.5 Å². The Labute approximate surface area is 75.6 Å². The van der Waals surface area contributed by atoms with Crippen molar-refractivity contribution >= 4 is 20.6 Å². The molecular formula is C9H11BrO. The van der Waals surface area contributed by atoms with E-state index < -0.39 is 0 Å². The van der Waals surface area contributed by atoms with Gasteiger partial charge in [-0.15, -0.1) is 0 Å². The average molecular weight is 215 g/mol. The van der Waals surface area contributed by atoms with E-state index in [2.05, 4.69) is 35.0 Å². The summed E-state index contributed by atoms with van der Waals surface area (Å²) in [4.78, 5) is 9.36. The third-order valence-electron chi connectivity index (χ3n) is 0.940. The molecule has 2 heteroatoms. The molecule has 11 heavy (non-hydrogen) atoms. The van der Waals surface area contributed by atoms with E-state index in [-0.39, 0.29) is 4.69 Å². The number of aryl methyl sites for hydroxylation is 1. The third kappa shape index (κ3) is 9.37. The summed E-state index contributed by atoms with van der Waals surface area (Å²) in [5.41, 5.74) is 1.32. The summed E-state index contributed by atoms with van der Waals surface area (Å²) >= 11 is 2.63. The second kappa shape index (κ2) is 6.10. The Morgan fingerprint density at radius 3 is 1.82 bits per heavy atom. The summed E-state index contributed by atoms with van der Waals surface area (Å²) in [6.07, 6.45) is 0. The Hall–Kier alpha value is -0.630. The van der Waals surface area contributed by atoms with Gasteiger partial charge in [0.2, 0.25) is 0 Å². The predicted octanol–water partition coefficient (Wildman–Crippen LogP) is 2.92. The normalized spacial score (nSPS) is 7.91. The van der Waals surface area contributed by atoms with E-state index in [9.17, 15) is 4.79 Å². The molecule has 0 saturated carbocycles. The average Bonchev–Trinajstić information content (AvgIpc) is 1.87. The van der Waals surface area contributed by atoms with Gasteiger partial charge < -0.3 is 0 Å². The molecule has 0 fully saturated rings. The minimum Gasteiger partial charge on any atom is -0.287 e. The van der Waals surface area contributed by atoms with Gasteiger partial charge in [0.05, 0.1) is 0 Å². The zero-order valence-corrected chi connectivity index (χ0v) is 8.26. The van der Waals surface area contributed by atoms with Crippen LogP contribution in [0.15, 0.2) is 30.3 Å². The Morgan fingerprint density at radius 2 is 1.64 bits per heavy atom. The van der Waals surface area contributed by atoms with E-state index in [1.54, 1.807) is 0 Å². The molecule has 1 aromatic carbocycles. The third-order valence-corrected chi connectivity index (χ3v) is 0.940. The first-order valence-electron chi connectivity index (χ1n) is 3.30. The Kier molecular flexibility index (Phi) is 5.75. The second-order valence-electron chi connectivity index (χ2n) is 2.12. The fourth-order valence-corrected chi connectivity index (χ4v) is 0.534. The summed E-state index contributed by atoms with van der Waals surface area (Å²) < 4.78 is -0.0208. The van der Waals surface area contributed by atoms with Crippen molar-refractivity contribution < 1.29 is 4.79 Å². The lowest BCUT2D eigenvalue weighted by Crippen LogP contribution is -1.62. The molecule has 0 aromatic heterocycles. The summed E-state index contributed by atoms with van der Waals surface area (Å²) in [6.45, 7) is 3.53. The Balaban J connectivity index is 0.000000218. The number of hydrogen-bond donors (Lipinski definition) is 0. The number of rotatable bonds is 0. The van der Waals surface area contributed by atoms with Crippen LogP contribution in [0.25, 0.3) is 0 Å². The van der Waals surface area contributed by atoms with Crippen LogP contribution in [-0.2, 0) is 4.79 Å². The first-order valence-corrected chi connectivity index (χ1v) is 4.10. The van der Waals surface area contributed by atoms with Crippen LogP contribution in [0.3, 0.4) is 0 Å². The van der Waals surface area contributed by atoms with Crippen LogP contribution >= 0.6 is 15.9 Å². The molecule has 0 N–H and O–H groups in total. The highest BCUT2D eigenvalue weighted by molar-refractivity contribution is 9.18. The fourth-order valence-electron chi connectivity index (χ4n) is 0.534. The van der Waals surface area contributed by atoms with Gasteiger partial charge in [0.25, 0.3) is 0 Å². The molecule has 1 aromatic rings. The summed E-state index contributed by atoms with van der Waals surface area (Å²) in [5, 5.41) is 0. The molecule has 0 aliphatic heterocycles. The first-order chi connectivity index (χ1) is 5.13. The highest BCUT2D eigenvalue weighted by Crippen LogP contribution is 1.92. The second-order valence-corrected chi connectivity index (χ2v) is 3.24. The van der Waals surface area contributed by atoms with Crippen molar-refractivity contribution in [2.45, 2.75) is 13.8 Å². The molecular weight excluding hydrogens is 204 g/mol. The highest BCUT2D eigenvalue weighted by Gasteiger charge is 1.72. The molecule has 0 radical (unpaired) electrons. The number of carbonyl (C=O) groups excluding carboxylic acids is 1. The van der Waals surface area contributed by atoms with Crippen LogP contribution in [0.4, 0.5) is 0 Å². The van der Waals surface area contributed by atoms with Crippen molar-refractivity contribution in [1.82, 2.24) is 0 Å². The van der Waals surface area contributed by atoms with Gasteiger partial charge in [-0.25, -0.2) is 0 Å². The van der Waals surface area contributed by atoms with Crippen LogP contribution < -0.4 is 0 Å². The van der Waals surface area contributed by atoms with Gasteiger partial charge in [0.1, 0.15) is 0 Å². The minimum atomic E-state index is -0.0208. The van der Waals surface area contributed by atoms with Gasteiger partial charge in [-0.05, 0) is 22.9 Å². The Morgan fingerprint density at radius 1 is 1.27 bits per heavy atom. The van der Waals surface area contributed by atoms with E-state index in [1.165, 1.54) is 12.5 Å². The van der Waals surface area contributed by atoms with E-state index >= 15 is 0 Å². The molecule has 0 heterocycles. The zero-order valence-electron chi connectivity index (χ0n) is 6.67. The van der Waals surface area contributed by atoms with Crippen molar-refractivity contribution in [2.24, 2.45) is 0 Å². The maximum Gasteiger partial charge on any atom is 0.194 e. The van der Waals surface area contributed by atoms with Crippen molar-refractivity contribution in [3.05, 3.63) is 35.9 Å². The van der Waals surface area contributed by atoms with Crippen LogP contribution in [-0.4, -0.2) is 4.69 Å². The lowest BCUT2D eigenvalue weighted by atomic mass is 10.2. The smallest absolute Gasteiger partial charge is 0.194 e. The lowest BCUT2D eigenvalue weighted by Gasteiger charge is -1.82. The van der Waals surface area contributed by atoms with Crippen molar-refractivity contribution in [2.75, 3.05) is 0 Å². The highest BCUT2D eigenvalue weighted by atomic mass is 79.9. The first kappa shape index (κ1) is 10.4. The largest absolute Gasteiger partial charge is 0.287 e. The maximum absolute atomic E-state index is 9.36. The minimum absolute atomic E-state index is 0.0208. The molecule has 1 rings (SSSR count). The van der Waals surface area contributed by atoms with Gasteiger partial charge in [-0.1, -0.05) is 35.9 Å². The van der Waals surface area contributed by atoms with E-state index in [0.717, 1.165) is 0 Å². The van der Waals surface area contributed by atoms with Gasteiger partial charge in [-0.2, -0.15) is 0 Å². The number of halogens is 1. The molecule has 0 unspecified atom stereocenters. The van der Waals surface area contributed by atoms with Gasteiger partial charge in [0.15, 0.2) is 4.69 Å². The molecule has 0 aliphatic carbocycles. The van der Waals surface area contributed by atoms with Crippen molar-refractivity contribution in [3.8, 4) is 0 Å². The van der Waals surface area contributed by atoms with Crippen LogP contribution in [0, 0.1) is 6.92 Å². The maximum atomic E-state index is 9.36.